The largest absolute Gasteiger partial charge is 0.311 e. The fraction of sp³-hybridized carbons (Fsp3) is 1.00. The third-order valence-corrected chi connectivity index (χ3v) is 3.27. The molecule has 1 rings (SSSR count). The molecule has 2 heteroatoms. The van der Waals surface area contributed by atoms with E-state index in [2.05, 4.69) is 37.9 Å². The van der Waals surface area contributed by atoms with Gasteiger partial charge in [0.1, 0.15) is 0 Å². The predicted octanol–water partition coefficient (Wildman–Crippen LogP) is 2.64. The summed E-state index contributed by atoms with van der Waals surface area (Å²) in [6.45, 7) is 12.7. The number of likely N-dealkylation sites (tertiary alicyclic amines) is 1. The van der Waals surface area contributed by atoms with Crippen LogP contribution in [0.4, 0.5) is 0 Å². The highest BCUT2D eigenvalue weighted by molar-refractivity contribution is 4.78. The number of piperidine rings is 1. The molecule has 2 nitrogen and oxygen atoms in total. The van der Waals surface area contributed by atoms with Gasteiger partial charge in [-0.1, -0.05) is 13.3 Å². The average Bonchev–Trinajstić information content (AvgIpc) is 2.16. The van der Waals surface area contributed by atoms with Crippen molar-refractivity contribution in [3.8, 4) is 0 Å². The van der Waals surface area contributed by atoms with Crippen LogP contribution in [0, 0.1) is 0 Å². The highest BCUT2D eigenvalue weighted by Crippen LogP contribution is 2.18. The zero-order valence-electron chi connectivity index (χ0n) is 11.0. The number of nitrogens with one attached hydrogen (secondary N) is 1. The van der Waals surface area contributed by atoms with Crippen LogP contribution >= 0.6 is 0 Å². The van der Waals surface area contributed by atoms with Gasteiger partial charge in [-0.15, -0.1) is 0 Å². The van der Waals surface area contributed by atoms with Gasteiger partial charge in [-0.2, -0.15) is 0 Å². The molecule has 1 heterocycles. The van der Waals surface area contributed by atoms with E-state index in [1.807, 2.05) is 0 Å². The molecular weight excluding hydrogens is 184 g/mol. The fourth-order valence-corrected chi connectivity index (χ4v) is 2.39. The first-order valence-electron chi connectivity index (χ1n) is 6.52. The van der Waals surface area contributed by atoms with E-state index in [-0.39, 0.29) is 5.54 Å². The maximum Gasteiger partial charge on any atom is 0.0110 e. The van der Waals surface area contributed by atoms with Crippen molar-refractivity contribution in [1.82, 2.24) is 10.2 Å². The molecule has 15 heavy (non-hydrogen) atoms. The molecule has 1 N–H and O–H groups in total. The molecule has 0 aromatic rings. The normalized spacial score (nSPS) is 24.4. The molecule has 0 amide bonds. The molecule has 1 saturated heterocycles. The van der Waals surface area contributed by atoms with Crippen molar-refractivity contribution in [3.63, 3.8) is 0 Å². The van der Waals surface area contributed by atoms with Crippen LogP contribution in [-0.4, -0.2) is 36.1 Å². The molecule has 0 aliphatic carbocycles. The first-order valence-corrected chi connectivity index (χ1v) is 6.52. The topological polar surface area (TPSA) is 15.3 Å². The molecule has 0 bridgehead atoms. The molecule has 1 atom stereocenters. The zero-order chi connectivity index (χ0) is 11.3. The summed E-state index contributed by atoms with van der Waals surface area (Å²) in [5.41, 5.74) is 0.261. The Morgan fingerprint density at radius 2 is 2.00 bits per heavy atom. The minimum absolute atomic E-state index is 0.261. The van der Waals surface area contributed by atoms with Crippen LogP contribution in [-0.2, 0) is 0 Å². The fourth-order valence-electron chi connectivity index (χ4n) is 2.39. The molecular formula is C13H28N2. The van der Waals surface area contributed by atoms with Crippen LogP contribution in [0.2, 0.25) is 0 Å². The van der Waals surface area contributed by atoms with Crippen molar-refractivity contribution in [2.45, 2.75) is 65.0 Å². The Labute approximate surface area is 95.4 Å². The summed E-state index contributed by atoms with van der Waals surface area (Å²) < 4.78 is 0. The van der Waals surface area contributed by atoms with Gasteiger partial charge in [0, 0.05) is 24.7 Å². The standard InChI is InChI=1S/C13H28N2/c1-5-12-8-6-7-10-15(12)11-9-14-13(2,3)4/h12,14H,5-11H2,1-4H3. The minimum Gasteiger partial charge on any atom is -0.311 e. The van der Waals surface area contributed by atoms with E-state index in [0.717, 1.165) is 12.6 Å². The lowest BCUT2D eigenvalue weighted by Gasteiger charge is -2.36. The molecule has 1 fully saturated rings. The van der Waals surface area contributed by atoms with Gasteiger partial charge in [0.2, 0.25) is 0 Å². The first-order chi connectivity index (χ1) is 7.03. The summed E-state index contributed by atoms with van der Waals surface area (Å²) in [6, 6.07) is 0.848. The maximum absolute atomic E-state index is 3.57. The Bertz CT molecular complexity index is 172. The molecule has 90 valence electrons. The second-order valence-electron chi connectivity index (χ2n) is 5.77. The average molecular weight is 212 g/mol. The molecule has 1 aliphatic heterocycles. The Morgan fingerprint density at radius 3 is 2.60 bits per heavy atom. The number of hydrogen-bond acceptors (Lipinski definition) is 2. The van der Waals surface area contributed by atoms with Crippen molar-refractivity contribution in [2.75, 3.05) is 19.6 Å². The van der Waals surface area contributed by atoms with Gasteiger partial charge >= 0.3 is 0 Å². The van der Waals surface area contributed by atoms with Gasteiger partial charge < -0.3 is 5.32 Å². The molecule has 0 saturated carbocycles. The summed E-state index contributed by atoms with van der Waals surface area (Å²) >= 11 is 0. The maximum atomic E-state index is 3.57. The Balaban J connectivity index is 2.23. The van der Waals surface area contributed by atoms with Gasteiger partial charge in [0.25, 0.3) is 0 Å². The summed E-state index contributed by atoms with van der Waals surface area (Å²) in [4.78, 5) is 2.67. The quantitative estimate of drug-likeness (QED) is 0.770. The Morgan fingerprint density at radius 1 is 1.27 bits per heavy atom. The van der Waals surface area contributed by atoms with Crippen LogP contribution in [0.25, 0.3) is 0 Å². The summed E-state index contributed by atoms with van der Waals surface area (Å²) in [5, 5.41) is 3.57. The Kier molecular flexibility index (Phi) is 5.07. The number of nitrogens with zero attached hydrogens (tertiary/aromatic N) is 1. The summed E-state index contributed by atoms with van der Waals surface area (Å²) in [6.07, 6.45) is 5.55. The zero-order valence-corrected chi connectivity index (χ0v) is 11.0. The smallest absolute Gasteiger partial charge is 0.0110 e. The van der Waals surface area contributed by atoms with Crippen LogP contribution in [0.15, 0.2) is 0 Å². The van der Waals surface area contributed by atoms with Gasteiger partial charge in [-0.25, -0.2) is 0 Å². The lowest BCUT2D eigenvalue weighted by molar-refractivity contribution is 0.142. The monoisotopic (exact) mass is 212 g/mol. The van der Waals surface area contributed by atoms with Crippen molar-refractivity contribution < 1.29 is 0 Å². The summed E-state index contributed by atoms with van der Waals surface area (Å²) in [5.74, 6) is 0. The highest BCUT2D eigenvalue weighted by atomic mass is 15.2. The van der Waals surface area contributed by atoms with Crippen LogP contribution in [0.1, 0.15) is 53.4 Å². The van der Waals surface area contributed by atoms with E-state index >= 15 is 0 Å². The Hall–Kier alpha value is -0.0800. The minimum atomic E-state index is 0.261. The van der Waals surface area contributed by atoms with E-state index in [4.69, 9.17) is 0 Å². The second-order valence-corrected chi connectivity index (χ2v) is 5.77. The molecule has 0 radical (unpaired) electrons. The second kappa shape index (κ2) is 5.86. The lowest BCUT2D eigenvalue weighted by atomic mass is 10.00. The molecule has 0 aromatic carbocycles. The van der Waals surface area contributed by atoms with Crippen LogP contribution < -0.4 is 5.32 Å². The van der Waals surface area contributed by atoms with Crippen molar-refractivity contribution in [2.24, 2.45) is 0 Å². The lowest BCUT2D eigenvalue weighted by Crippen LogP contribution is -2.46. The van der Waals surface area contributed by atoms with Crippen LogP contribution in [0.5, 0.6) is 0 Å². The van der Waals surface area contributed by atoms with E-state index < -0.39 is 0 Å². The number of hydrogen-bond donors (Lipinski definition) is 1. The molecule has 1 aliphatic rings. The van der Waals surface area contributed by atoms with E-state index in [9.17, 15) is 0 Å². The van der Waals surface area contributed by atoms with Crippen molar-refractivity contribution >= 4 is 0 Å². The van der Waals surface area contributed by atoms with Gasteiger partial charge in [0.15, 0.2) is 0 Å². The SMILES string of the molecule is CCC1CCCCN1CCNC(C)(C)C. The van der Waals surface area contributed by atoms with Gasteiger partial charge in [0.05, 0.1) is 0 Å². The third kappa shape index (κ3) is 4.98. The number of rotatable bonds is 4. The van der Waals surface area contributed by atoms with Crippen LogP contribution in [0.3, 0.4) is 0 Å². The van der Waals surface area contributed by atoms with Crippen molar-refractivity contribution in [3.05, 3.63) is 0 Å². The summed E-state index contributed by atoms with van der Waals surface area (Å²) in [7, 11) is 0. The van der Waals surface area contributed by atoms with E-state index in [0.29, 0.717) is 0 Å². The first kappa shape index (κ1) is 13.0. The van der Waals surface area contributed by atoms with Gasteiger partial charge in [-0.05, 0) is 46.6 Å². The van der Waals surface area contributed by atoms with E-state index in [1.54, 1.807) is 0 Å². The third-order valence-electron chi connectivity index (χ3n) is 3.27. The highest BCUT2D eigenvalue weighted by Gasteiger charge is 2.20. The molecule has 0 spiro atoms. The predicted molar refractivity (Wildman–Crippen MR) is 67.3 cm³/mol. The van der Waals surface area contributed by atoms with Crippen molar-refractivity contribution in [1.29, 1.82) is 0 Å². The molecule has 0 aromatic heterocycles. The van der Waals surface area contributed by atoms with Gasteiger partial charge in [-0.3, -0.25) is 4.90 Å². The molecule has 1 unspecified atom stereocenters. The van der Waals surface area contributed by atoms with E-state index in [1.165, 1.54) is 38.8 Å².